The van der Waals surface area contributed by atoms with Crippen molar-refractivity contribution in [1.29, 1.82) is 0 Å². The lowest BCUT2D eigenvalue weighted by Crippen LogP contribution is -2.48. The maximum atomic E-state index is 12.8. The lowest BCUT2D eigenvalue weighted by Gasteiger charge is -2.39. The summed E-state index contributed by atoms with van der Waals surface area (Å²) in [6.45, 7) is 0.527. The van der Waals surface area contributed by atoms with E-state index in [-0.39, 0.29) is 25.6 Å². The van der Waals surface area contributed by atoms with E-state index < -0.39 is 30.0 Å². The van der Waals surface area contributed by atoms with E-state index in [1.54, 1.807) is 4.68 Å². The molecule has 0 radical (unpaired) electrons. The van der Waals surface area contributed by atoms with Gasteiger partial charge in [0.15, 0.2) is 5.82 Å². The van der Waals surface area contributed by atoms with Crippen molar-refractivity contribution in [3.63, 3.8) is 0 Å². The van der Waals surface area contributed by atoms with Gasteiger partial charge in [-0.25, -0.2) is 9.67 Å². The molecule has 0 aliphatic rings. The molecule has 1 aromatic heterocycles. The van der Waals surface area contributed by atoms with Gasteiger partial charge >= 0.3 is 0 Å². The fraction of sp³-hybridized carbons (Fsp3) is 0.191. The van der Waals surface area contributed by atoms with Gasteiger partial charge in [-0.2, -0.15) is 5.10 Å². The number of hydrogen-bond acceptors (Lipinski definition) is 7. The summed E-state index contributed by atoms with van der Waals surface area (Å²) in [7, 11) is 0. The molecule has 8 heteroatoms. The van der Waals surface area contributed by atoms with Gasteiger partial charge in [0.25, 0.3) is 0 Å². The first kappa shape index (κ1) is 37.6. The summed E-state index contributed by atoms with van der Waals surface area (Å²) in [6.07, 6.45) is -3.34. The molecule has 0 amide bonds. The Hall–Kier alpha value is -5.74. The van der Waals surface area contributed by atoms with Crippen molar-refractivity contribution < 1.29 is 24.4 Å². The Balaban J connectivity index is 1.32. The summed E-state index contributed by atoms with van der Waals surface area (Å²) in [4.78, 5) is 4.75. The molecule has 7 aromatic rings. The quantitative estimate of drug-likeness (QED) is 0.0867. The fourth-order valence-electron chi connectivity index (χ4n) is 7.05. The summed E-state index contributed by atoms with van der Waals surface area (Å²) in [5.74, 6) is 0.236. The summed E-state index contributed by atoms with van der Waals surface area (Å²) >= 11 is 0. The van der Waals surface area contributed by atoms with E-state index >= 15 is 0 Å². The molecule has 6 aromatic carbocycles. The molecular formula is C47H45N3O5. The molecule has 4 atom stereocenters. The van der Waals surface area contributed by atoms with Crippen molar-refractivity contribution in [3.05, 3.63) is 228 Å². The molecule has 1 heterocycles. The Morgan fingerprint density at radius 1 is 0.491 bits per heavy atom. The molecule has 8 nitrogen and oxygen atoms in total. The number of rotatable bonds is 18. The zero-order valence-corrected chi connectivity index (χ0v) is 30.5. The van der Waals surface area contributed by atoms with E-state index in [2.05, 4.69) is 36.4 Å². The Labute approximate surface area is 322 Å². The fourth-order valence-corrected chi connectivity index (χ4v) is 7.05. The molecule has 7 rings (SSSR count). The van der Waals surface area contributed by atoms with Gasteiger partial charge in [0.2, 0.25) is 0 Å². The zero-order chi connectivity index (χ0) is 37.7. The second-order valence-electron chi connectivity index (χ2n) is 13.4. The summed E-state index contributed by atoms with van der Waals surface area (Å²) in [5.41, 5.74) is 4.46. The second kappa shape index (κ2) is 18.5. The number of hydrogen-bond donors (Lipinski definition) is 2. The van der Waals surface area contributed by atoms with Gasteiger partial charge in [-0.05, 0) is 33.4 Å². The minimum absolute atomic E-state index is 0.0685. The highest BCUT2D eigenvalue weighted by atomic mass is 16.6. The van der Waals surface area contributed by atoms with Crippen molar-refractivity contribution in [2.45, 2.75) is 49.8 Å². The van der Waals surface area contributed by atoms with Gasteiger partial charge in [-0.3, -0.25) is 0 Å². The van der Waals surface area contributed by atoms with Crippen LogP contribution in [-0.4, -0.2) is 49.9 Å². The zero-order valence-electron chi connectivity index (χ0n) is 30.5. The van der Waals surface area contributed by atoms with Gasteiger partial charge in [-0.15, -0.1) is 0 Å². The molecule has 0 unspecified atom stereocenters. The van der Waals surface area contributed by atoms with E-state index in [1.807, 2.05) is 146 Å². The van der Waals surface area contributed by atoms with Gasteiger partial charge in [0.05, 0.1) is 26.4 Å². The molecule has 0 saturated heterocycles. The third-order valence-corrected chi connectivity index (χ3v) is 9.72. The van der Waals surface area contributed by atoms with Crippen LogP contribution in [0.5, 0.6) is 0 Å². The normalized spacial score (nSPS) is 13.9. The summed E-state index contributed by atoms with van der Waals surface area (Å²) < 4.78 is 21.1. The number of benzene rings is 6. The molecule has 55 heavy (non-hydrogen) atoms. The summed E-state index contributed by atoms with van der Waals surface area (Å²) in [5, 5.41) is 29.6. The Morgan fingerprint density at radius 3 is 1.31 bits per heavy atom. The molecule has 0 fully saturated rings. The van der Waals surface area contributed by atoms with Crippen LogP contribution in [0.2, 0.25) is 0 Å². The molecule has 2 N–H and O–H groups in total. The molecule has 0 spiro atoms. The Kier molecular flexibility index (Phi) is 12.7. The average molecular weight is 732 g/mol. The van der Waals surface area contributed by atoms with Crippen LogP contribution >= 0.6 is 0 Å². The predicted octanol–water partition coefficient (Wildman–Crippen LogP) is 7.90. The number of aliphatic hydroxyl groups is 2. The number of nitrogens with zero attached hydrogens (tertiary/aromatic N) is 3. The maximum Gasteiger partial charge on any atom is 0.160 e. The highest BCUT2D eigenvalue weighted by Gasteiger charge is 2.45. The number of ether oxygens (including phenoxy) is 3. The van der Waals surface area contributed by atoms with Crippen LogP contribution in [0.1, 0.15) is 45.3 Å². The first-order valence-electron chi connectivity index (χ1n) is 18.5. The first-order chi connectivity index (χ1) is 27.1. The van der Waals surface area contributed by atoms with Crippen LogP contribution in [0.15, 0.2) is 188 Å². The van der Waals surface area contributed by atoms with E-state index in [0.717, 1.165) is 33.4 Å². The lowest BCUT2D eigenvalue weighted by atomic mass is 9.77. The molecule has 0 saturated carbocycles. The molecular weight excluding hydrogens is 687 g/mol. The van der Waals surface area contributed by atoms with Crippen molar-refractivity contribution in [2.75, 3.05) is 6.61 Å². The molecule has 278 valence electrons. The molecule has 0 aliphatic heterocycles. The van der Waals surface area contributed by atoms with Gasteiger partial charge < -0.3 is 24.4 Å². The van der Waals surface area contributed by atoms with Gasteiger partial charge in [0.1, 0.15) is 36.3 Å². The Morgan fingerprint density at radius 2 is 0.873 bits per heavy atom. The van der Waals surface area contributed by atoms with Crippen LogP contribution in [-0.2, 0) is 39.6 Å². The van der Waals surface area contributed by atoms with E-state index in [1.165, 1.54) is 6.33 Å². The van der Waals surface area contributed by atoms with Crippen molar-refractivity contribution in [1.82, 2.24) is 14.8 Å². The molecule has 0 bridgehead atoms. The standard InChI is InChI=1S/C47H45N3O5/c51-42(34-53-31-36-19-7-1-8-20-36)44(54-32-37-21-9-2-10-22-37)45(55-33-38-23-11-3-12-24-38)43(52)46-48-35-49-50(46)47(39-25-13-4-14-26-39,40-27-15-5-16-28-40)41-29-17-6-18-30-41/h1-30,35,42-45,51-52H,31-34H2/t42-,43-,44-,45+/m0/s1. The molecule has 0 aliphatic carbocycles. The predicted molar refractivity (Wildman–Crippen MR) is 212 cm³/mol. The minimum atomic E-state index is -1.42. The smallest absolute Gasteiger partial charge is 0.160 e. The third-order valence-electron chi connectivity index (χ3n) is 9.72. The van der Waals surface area contributed by atoms with Gasteiger partial charge in [-0.1, -0.05) is 182 Å². The van der Waals surface area contributed by atoms with Crippen molar-refractivity contribution in [3.8, 4) is 0 Å². The average Bonchev–Trinajstić information content (AvgIpc) is 3.75. The van der Waals surface area contributed by atoms with Crippen molar-refractivity contribution >= 4 is 0 Å². The summed E-state index contributed by atoms with van der Waals surface area (Å²) in [6, 6.07) is 59.4. The van der Waals surface area contributed by atoms with Crippen LogP contribution < -0.4 is 0 Å². The van der Waals surface area contributed by atoms with Gasteiger partial charge in [0, 0.05) is 0 Å². The van der Waals surface area contributed by atoms with Crippen LogP contribution in [0.3, 0.4) is 0 Å². The monoisotopic (exact) mass is 731 g/mol. The minimum Gasteiger partial charge on any atom is -0.388 e. The Bertz CT molecular complexity index is 2040. The van der Waals surface area contributed by atoms with E-state index in [9.17, 15) is 10.2 Å². The lowest BCUT2D eigenvalue weighted by molar-refractivity contribution is -0.179. The topological polar surface area (TPSA) is 98.9 Å². The second-order valence-corrected chi connectivity index (χ2v) is 13.4. The van der Waals surface area contributed by atoms with Crippen LogP contribution in [0, 0.1) is 0 Å². The highest BCUT2D eigenvalue weighted by molar-refractivity contribution is 5.50. The van der Waals surface area contributed by atoms with Crippen LogP contribution in [0.4, 0.5) is 0 Å². The highest BCUT2D eigenvalue weighted by Crippen LogP contribution is 2.42. The third kappa shape index (κ3) is 8.81. The number of aromatic nitrogens is 3. The van der Waals surface area contributed by atoms with E-state index in [0.29, 0.717) is 6.61 Å². The first-order valence-corrected chi connectivity index (χ1v) is 18.5. The van der Waals surface area contributed by atoms with Crippen LogP contribution in [0.25, 0.3) is 0 Å². The largest absolute Gasteiger partial charge is 0.388 e. The number of aliphatic hydroxyl groups excluding tert-OH is 2. The van der Waals surface area contributed by atoms with Crippen molar-refractivity contribution in [2.24, 2.45) is 0 Å². The van der Waals surface area contributed by atoms with E-state index in [4.69, 9.17) is 24.3 Å². The SMILES string of the molecule is O[C@H](c1ncnn1C(c1ccccc1)(c1ccccc1)c1ccccc1)[C@@H](OCc1ccccc1)[C@@H](OCc1ccccc1)[C@@H](O)COCc1ccccc1. The maximum absolute atomic E-state index is 12.8.